The lowest BCUT2D eigenvalue weighted by molar-refractivity contribution is 0.111. The lowest BCUT2D eigenvalue weighted by atomic mass is 9.69. The Labute approximate surface area is 131 Å². The molecule has 2 heterocycles. The van der Waals surface area contributed by atoms with Crippen LogP contribution in [-0.4, -0.2) is 39.5 Å². The number of rotatable bonds is 3. The van der Waals surface area contributed by atoms with Crippen LogP contribution >= 0.6 is 0 Å². The smallest absolute Gasteiger partial charge is 0.215 e. The van der Waals surface area contributed by atoms with Crippen LogP contribution in [0.25, 0.3) is 0 Å². The van der Waals surface area contributed by atoms with Gasteiger partial charge in [-0.2, -0.15) is 4.31 Å². The van der Waals surface area contributed by atoms with Gasteiger partial charge in [-0.3, -0.25) is 0 Å². The Bertz CT molecular complexity index is 711. The second-order valence-electron chi connectivity index (χ2n) is 7.71. The molecule has 2 aliphatic carbocycles. The van der Waals surface area contributed by atoms with E-state index in [1.807, 2.05) is 6.92 Å². The molecule has 3 atom stereocenters. The van der Waals surface area contributed by atoms with Crippen LogP contribution in [0.4, 0.5) is 0 Å². The van der Waals surface area contributed by atoms with E-state index >= 15 is 0 Å². The number of sulfonamides is 1. The Hall–Kier alpha value is -0.950. The summed E-state index contributed by atoms with van der Waals surface area (Å²) in [6, 6.07) is 0.159. The third-order valence-electron chi connectivity index (χ3n) is 6.85. The van der Waals surface area contributed by atoms with Gasteiger partial charge in [0, 0.05) is 18.0 Å². The third-order valence-corrected chi connectivity index (χ3v) is 8.83. The summed E-state index contributed by atoms with van der Waals surface area (Å²) in [7, 11) is -3.20. The minimum absolute atomic E-state index is 0.0546. The summed E-state index contributed by atoms with van der Waals surface area (Å²) in [5.74, 6) is 0.978. The molecular formula is C15H24N4O2S. The quantitative estimate of drug-likeness (QED) is 0.847. The van der Waals surface area contributed by atoms with Crippen molar-refractivity contribution >= 4 is 10.0 Å². The molecule has 2 saturated carbocycles. The van der Waals surface area contributed by atoms with E-state index in [4.69, 9.17) is 0 Å². The molecule has 0 radical (unpaired) electrons. The molecule has 1 aliphatic heterocycles. The first-order valence-corrected chi connectivity index (χ1v) is 9.79. The highest BCUT2D eigenvalue weighted by Gasteiger charge is 2.71. The van der Waals surface area contributed by atoms with Crippen LogP contribution in [0, 0.1) is 16.7 Å². The van der Waals surface area contributed by atoms with Crippen molar-refractivity contribution in [2.24, 2.45) is 16.7 Å². The van der Waals surface area contributed by atoms with Crippen LogP contribution in [0.15, 0.2) is 6.20 Å². The minimum Gasteiger partial charge on any atom is -0.248 e. The summed E-state index contributed by atoms with van der Waals surface area (Å²) in [6.07, 6.45) is 4.94. The highest BCUT2D eigenvalue weighted by Crippen LogP contribution is 2.70. The molecule has 1 aromatic heterocycles. The van der Waals surface area contributed by atoms with Crippen LogP contribution in [0.2, 0.25) is 0 Å². The molecule has 7 heteroatoms. The van der Waals surface area contributed by atoms with Crippen LogP contribution in [0.3, 0.4) is 0 Å². The zero-order chi connectivity index (χ0) is 15.8. The molecule has 3 fully saturated rings. The van der Waals surface area contributed by atoms with Gasteiger partial charge in [0.05, 0.1) is 24.2 Å². The molecule has 4 rings (SSSR count). The molecular weight excluding hydrogens is 300 g/mol. The molecule has 1 saturated heterocycles. The van der Waals surface area contributed by atoms with Crippen molar-refractivity contribution in [2.75, 3.05) is 5.75 Å². The first-order valence-electron chi connectivity index (χ1n) is 8.19. The normalized spacial score (nSPS) is 38.5. The van der Waals surface area contributed by atoms with E-state index < -0.39 is 10.0 Å². The van der Waals surface area contributed by atoms with Crippen molar-refractivity contribution in [1.82, 2.24) is 19.3 Å². The first kappa shape index (κ1) is 14.6. The molecule has 2 bridgehead atoms. The Balaban J connectivity index is 1.72. The van der Waals surface area contributed by atoms with E-state index in [-0.39, 0.29) is 16.9 Å². The van der Waals surface area contributed by atoms with E-state index in [1.165, 1.54) is 6.42 Å². The van der Waals surface area contributed by atoms with Gasteiger partial charge < -0.3 is 0 Å². The number of nitrogens with zero attached hydrogens (tertiary/aromatic N) is 4. The monoisotopic (exact) mass is 324 g/mol. The highest BCUT2D eigenvalue weighted by molar-refractivity contribution is 7.89. The zero-order valence-electron chi connectivity index (χ0n) is 13.5. The van der Waals surface area contributed by atoms with E-state index in [2.05, 4.69) is 24.2 Å². The maximum atomic E-state index is 12.8. The number of hydrogen-bond donors (Lipinski definition) is 0. The van der Waals surface area contributed by atoms with Crippen LogP contribution in [0.1, 0.15) is 45.7 Å². The number of aromatic nitrogens is 3. The van der Waals surface area contributed by atoms with Gasteiger partial charge in [-0.15, -0.1) is 5.10 Å². The molecule has 0 aromatic carbocycles. The lowest BCUT2D eigenvalue weighted by Crippen LogP contribution is -2.41. The Morgan fingerprint density at radius 2 is 2.18 bits per heavy atom. The van der Waals surface area contributed by atoms with Gasteiger partial charge in [-0.1, -0.05) is 19.1 Å². The van der Waals surface area contributed by atoms with E-state index in [1.54, 1.807) is 15.2 Å². The third kappa shape index (κ3) is 1.61. The van der Waals surface area contributed by atoms with Crippen molar-refractivity contribution in [2.45, 2.75) is 59.2 Å². The van der Waals surface area contributed by atoms with Gasteiger partial charge in [0.1, 0.15) is 0 Å². The molecule has 1 aromatic rings. The predicted octanol–water partition coefficient (Wildman–Crippen LogP) is 1.64. The molecule has 0 amide bonds. The highest BCUT2D eigenvalue weighted by atomic mass is 32.2. The van der Waals surface area contributed by atoms with Crippen molar-refractivity contribution < 1.29 is 8.42 Å². The fraction of sp³-hybridized carbons (Fsp3) is 0.867. The van der Waals surface area contributed by atoms with Gasteiger partial charge in [0.2, 0.25) is 10.0 Å². The zero-order valence-corrected chi connectivity index (χ0v) is 14.3. The number of aryl methyl sites for hydroxylation is 1. The predicted molar refractivity (Wildman–Crippen MR) is 82.4 cm³/mol. The second-order valence-corrected chi connectivity index (χ2v) is 9.63. The fourth-order valence-corrected chi connectivity index (χ4v) is 7.94. The van der Waals surface area contributed by atoms with Gasteiger partial charge in [0.25, 0.3) is 0 Å². The van der Waals surface area contributed by atoms with Crippen LogP contribution < -0.4 is 0 Å². The Morgan fingerprint density at radius 1 is 1.41 bits per heavy atom. The SMILES string of the molecule is CCn1nncc1CN1[C@@H]2C[C@H]3CC[C@]2(CS1(=O)=O)C3(C)C. The average Bonchev–Trinajstić information content (AvgIpc) is 3.10. The Kier molecular flexibility index (Phi) is 2.87. The van der Waals surface area contributed by atoms with Crippen molar-refractivity contribution in [3.05, 3.63) is 11.9 Å². The molecule has 3 aliphatic rings. The maximum Gasteiger partial charge on any atom is 0.215 e. The van der Waals surface area contributed by atoms with Crippen molar-refractivity contribution in [1.29, 1.82) is 0 Å². The molecule has 6 nitrogen and oxygen atoms in total. The van der Waals surface area contributed by atoms with E-state index in [0.29, 0.717) is 24.8 Å². The molecule has 22 heavy (non-hydrogen) atoms. The Morgan fingerprint density at radius 3 is 2.86 bits per heavy atom. The fourth-order valence-electron chi connectivity index (χ4n) is 5.41. The summed E-state index contributed by atoms with van der Waals surface area (Å²) >= 11 is 0. The van der Waals surface area contributed by atoms with Gasteiger partial charge in [-0.05, 0) is 37.5 Å². The number of hydrogen-bond acceptors (Lipinski definition) is 4. The largest absolute Gasteiger partial charge is 0.248 e. The van der Waals surface area contributed by atoms with Crippen LogP contribution in [0.5, 0.6) is 0 Å². The van der Waals surface area contributed by atoms with Gasteiger partial charge in [-0.25, -0.2) is 13.1 Å². The molecule has 0 unspecified atom stereocenters. The van der Waals surface area contributed by atoms with Crippen molar-refractivity contribution in [3.63, 3.8) is 0 Å². The molecule has 122 valence electrons. The maximum absolute atomic E-state index is 12.8. The summed E-state index contributed by atoms with van der Waals surface area (Å²) in [4.78, 5) is 0. The van der Waals surface area contributed by atoms with Gasteiger partial charge >= 0.3 is 0 Å². The average molecular weight is 324 g/mol. The van der Waals surface area contributed by atoms with Crippen molar-refractivity contribution in [3.8, 4) is 0 Å². The minimum atomic E-state index is -3.20. The standard InChI is InChI=1S/C15H24N4O2S/c1-4-18-12(8-16-17-18)9-19-13-7-11-5-6-15(13,14(11,2)3)10-22(19,20)21/h8,11,13H,4-7,9-10H2,1-3H3/t11-,13-,15-/m1/s1. The molecule has 0 N–H and O–H groups in total. The van der Waals surface area contributed by atoms with E-state index in [0.717, 1.165) is 18.5 Å². The first-order chi connectivity index (χ1) is 10.3. The van der Waals surface area contributed by atoms with E-state index in [9.17, 15) is 8.42 Å². The second kappa shape index (κ2) is 4.32. The van der Waals surface area contributed by atoms with Crippen LogP contribution in [-0.2, 0) is 23.1 Å². The number of fused-ring (bicyclic) bond motifs is 1. The van der Waals surface area contributed by atoms with Gasteiger partial charge in [0.15, 0.2) is 0 Å². The molecule has 1 spiro atoms. The topological polar surface area (TPSA) is 68.1 Å². The summed E-state index contributed by atoms with van der Waals surface area (Å²) in [5.41, 5.74) is 0.965. The summed E-state index contributed by atoms with van der Waals surface area (Å²) < 4.78 is 29.2. The lowest BCUT2D eigenvalue weighted by Gasteiger charge is -2.37. The summed E-state index contributed by atoms with van der Waals surface area (Å²) in [5, 5.41) is 7.96. The summed E-state index contributed by atoms with van der Waals surface area (Å²) in [6.45, 7) is 7.69.